The SMILES string of the molecule is Cc1cc(F)c(COc2nsc(NC(=O)NCCCCN3CCOCC3)c2C(=O)O)c(F)c1F. The normalized spacial score (nSPS) is 14.1. The highest BCUT2D eigenvalue weighted by Crippen LogP contribution is 2.31. The number of morpholine rings is 1. The Balaban J connectivity index is 1.53. The second-order valence-electron chi connectivity index (χ2n) is 7.61. The van der Waals surface area contributed by atoms with Gasteiger partial charge in [0.2, 0.25) is 5.88 Å². The minimum atomic E-state index is -1.46. The van der Waals surface area contributed by atoms with Crippen LogP contribution in [0, 0.1) is 24.4 Å². The van der Waals surface area contributed by atoms with Gasteiger partial charge in [-0.05, 0) is 49.5 Å². The summed E-state index contributed by atoms with van der Waals surface area (Å²) in [6.45, 7) is 4.93. The minimum Gasteiger partial charge on any atom is -0.477 e. The lowest BCUT2D eigenvalue weighted by atomic mass is 10.1. The number of aryl methyl sites for hydroxylation is 1. The van der Waals surface area contributed by atoms with Gasteiger partial charge in [0.15, 0.2) is 17.2 Å². The van der Waals surface area contributed by atoms with E-state index < -0.39 is 53.1 Å². The molecule has 1 aliphatic rings. The zero-order chi connectivity index (χ0) is 24.7. The van der Waals surface area contributed by atoms with E-state index in [1.165, 1.54) is 6.92 Å². The quantitative estimate of drug-likeness (QED) is 0.337. The van der Waals surface area contributed by atoms with Crippen LogP contribution in [0.15, 0.2) is 6.07 Å². The van der Waals surface area contributed by atoms with Crippen molar-refractivity contribution >= 4 is 28.5 Å². The minimum absolute atomic E-state index is 0.107. The number of carboxylic acid groups (broad SMARTS) is 1. The van der Waals surface area contributed by atoms with Crippen molar-refractivity contribution in [3.63, 3.8) is 0 Å². The topological polar surface area (TPSA) is 113 Å². The maximum Gasteiger partial charge on any atom is 0.344 e. The van der Waals surface area contributed by atoms with E-state index in [1.54, 1.807) is 0 Å². The number of urea groups is 1. The van der Waals surface area contributed by atoms with Crippen LogP contribution in [0.1, 0.15) is 34.3 Å². The molecular weight excluding hydrogens is 477 g/mol. The summed E-state index contributed by atoms with van der Waals surface area (Å²) < 4.78 is 56.0. The molecule has 0 saturated carbocycles. The number of anilines is 1. The van der Waals surface area contributed by atoms with Gasteiger partial charge in [0, 0.05) is 19.6 Å². The summed E-state index contributed by atoms with van der Waals surface area (Å²) in [5.41, 5.74) is -1.38. The standard InChI is InChI=1S/C21H25F3N4O5S/c1-12-10-14(22)13(17(24)16(12)23)11-33-18-15(20(29)30)19(34-27-18)26-21(31)25-4-2-3-5-28-6-8-32-9-7-28/h10H,2-9,11H2,1H3,(H,29,30)(H2,25,26,31). The van der Waals surface area contributed by atoms with E-state index in [0.29, 0.717) is 18.1 Å². The zero-order valence-corrected chi connectivity index (χ0v) is 19.3. The zero-order valence-electron chi connectivity index (χ0n) is 18.5. The van der Waals surface area contributed by atoms with Crippen LogP contribution < -0.4 is 15.4 Å². The highest BCUT2D eigenvalue weighted by molar-refractivity contribution is 7.11. The predicted molar refractivity (Wildman–Crippen MR) is 118 cm³/mol. The smallest absolute Gasteiger partial charge is 0.344 e. The molecule has 1 aromatic carbocycles. The first-order valence-corrected chi connectivity index (χ1v) is 11.4. The van der Waals surface area contributed by atoms with Gasteiger partial charge in [0.1, 0.15) is 17.4 Å². The van der Waals surface area contributed by atoms with Crippen LogP contribution >= 0.6 is 11.5 Å². The molecule has 2 aromatic rings. The third-order valence-corrected chi connectivity index (χ3v) is 5.93. The molecule has 1 saturated heterocycles. The molecule has 2 amide bonds. The van der Waals surface area contributed by atoms with E-state index in [1.807, 2.05) is 0 Å². The number of carbonyl (C=O) groups excluding carboxylic acids is 1. The van der Waals surface area contributed by atoms with Gasteiger partial charge >= 0.3 is 12.0 Å². The molecule has 0 spiro atoms. The van der Waals surface area contributed by atoms with Crippen LogP contribution in [0.2, 0.25) is 0 Å². The number of nitrogens with zero attached hydrogens (tertiary/aromatic N) is 2. The Hall–Kier alpha value is -2.90. The van der Waals surface area contributed by atoms with Crippen molar-refractivity contribution in [2.45, 2.75) is 26.4 Å². The molecule has 34 heavy (non-hydrogen) atoms. The third-order valence-electron chi connectivity index (χ3n) is 5.18. The van der Waals surface area contributed by atoms with Crippen molar-refractivity contribution in [1.82, 2.24) is 14.6 Å². The van der Waals surface area contributed by atoms with E-state index in [0.717, 1.165) is 51.8 Å². The summed E-state index contributed by atoms with van der Waals surface area (Å²) >= 11 is 0.637. The molecule has 0 atom stereocenters. The van der Waals surface area contributed by atoms with Crippen molar-refractivity contribution in [2.75, 3.05) is 44.7 Å². The van der Waals surface area contributed by atoms with Gasteiger partial charge in [-0.2, -0.15) is 4.37 Å². The molecular formula is C21H25F3N4O5S. The lowest BCUT2D eigenvalue weighted by Gasteiger charge is -2.26. The van der Waals surface area contributed by atoms with Crippen molar-refractivity contribution in [3.8, 4) is 5.88 Å². The first kappa shape index (κ1) is 25.7. The number of aromatic nitrogens is 1. The molecule has 1 aromatic heterocycles. The monoisotopic (exact) mass is 502 g/mol. The number of amides is 2. The van der Waals surface area contributed by atoms with E-state index in [9.17, 15) is 27.9 Å². The largest absolute Gasteiger partial charge is 0.477 e. The van der Waals surface area contributed by atoms with E-state index in [-0.39, 0.29) is 10.6 Å². The lowest BCUT2D eigenvalue weighted by Crippen LogP contribution is -2.37. The number of hydrogen-bond donors (Lipinski definition) is 3. The van der Waals surface area contributed by atoms with E-state index in [2.05, 4.69) is 19.9 Å². The average molecular weight is 503 g/mol. The van der Waals surface area contributed by atoms with Crippen LogP contribution in [0.4, 0.5) is 23.0 Å². The fourth-order valence-electron chi connectivity index (χ4n) is 3.31. The Kier molecular flexibility index (Phi) is 9.07. The summed E-state index contributed by atoms with van der Waals surface area (Å²) in [6.07, 6.45) is 1.61. The Morgan fingerprint density at radius 2 is 1.97 bits per heavy atom. The Bertz CT molecular complexity index is 1030. The molecule has 0 unspecified atom stereocenters. The summed E-state index contributed by atoms with van der Waals surface area (Å²) in [7, 11) is 0. The first-order chi connectivity index (χ1) is 16.3. The number of hydrogen-bond acceptors (Lipinski definition) is 7. The van der Waals surface area contributed by atoms with Crippen LogP contribution in [0.3, 0.4) is 0 Å². The summed E-state index contributed by atoms with van der Waals surface area (Å²) in [5, 5.41) is 14.4. The van der Waals surface area contributed by atoms with Crippen molar-refractivity contribution < 1.29 is 37.3 Å². The fourth-order valence-corrected chi connectivity index (χ4v) is 4.03. The second-order valence-corrected chi connectivity index (χ2v) is 8.38. The number of carboxylic acids is 1. The highest BCUT2D eigenvalue weighted by atomic mass is 32.1. The summed E-state index contributed by atoms with van der Waals surface area (Å²) in [5.74, 6) is -5.58. The number of aromatic carboxylic acids is 1. The van der Waals surface area contributed by atoms with E-state index >= 15 is 0 Å². The van der Waals surface area contributed by atoms with Crippen LogP contribution in [-0.4, -0.2) is 65.8 Å². The molecule has 13 heteroatoms. The number of rotatable bonds is 10. The van der Waals surface area contributed by atoms with Crippen LogP contribution in [0.25, 0.3) is 0 Å². The maximum atomic E-state index is 14.0. The van der Waals surface area contributed by atoms with E-state index in [4.69, 9.17) is 9.47 Å². The average Bonchev–Trinajstić information content (AvgIpc) is 3.20. The van der Waals surface area contributed by atoms with Gasteiger partial charge < -0.3 is 19.9 Å². The summed E-state index contributed by atoms with van der Waals surface area (Å²) in [6, 6.07) is 0.191. The molecule has 9 nitrogen and oxygen atoms in total. The molecule has 1 aliphatic heterocycles. The van der Waals surface area contributed by atoms with Crippen molar-refractivity contribution in [2.24, 2.45) is 0 Å². The molecule has 0 radical (unpaired) electrons. The van der Waals surface area contributed by atoms with Crippen LogP contribution in [0.5, 0.6) is 5.88 Å². The Labute approximate surface area is 198 Å². The van der Waals surface area contributed by atoms with Crippen molar-refractivity contribution in [3.05, 3.63) is 40.2 Å². The molecule has 0 bridgehead atoms. The number of ether oxygens (including phenoxy) is 2. The van der Waals surface area contributed by atoms with Crippen molar-refractivity contribution in [1.29, 1.82) is 0 Å². The molecule has 3 rings (SSSR count). The molecule has 2 heterocycles. The Morgan fingerprint density at radius 3 is 2.68 bits per heavy atom. The van der Waals surface area contributed by atoms with Gasteiger partial charge in [-0.1, -0.05) is 0 Å². The molecule has 1 fully saturated rings. The van der Waals surface area contributed by atoms with Gasteiger partial charge in [0.05, 0.1) is 18.8 Å². The predicted octanol–water partition coefficient (Wildman–Crippen LogP) is 3.38. The number of carbonyl (C=O) groups is 2. The second kappa shape index (κ2) is 12.0. The first-order valence-electron chi connectivity index (χ1n) is 10.6. The third kappa shape index (κ3) is 6.58. The lowest BCUT2D eigenvalue weighted by molar-refractivity contribution is 0.0372. The highest BCUT2D eigenvalue weighted by Gasteiger charge is 2.25. The van der Waals surface area contributed by atoms with Gasteiger partial charge in [-0.3, -0.25) is 10.2 Å². The van der Waals surface area contributed by atoms with Crippen LogP contribution in [-0.2, 0) is 11.3 Å². The maximum absolute atomic E-state index is 14.0. The fraction of sp³-hybridized carbons (Fsp3) is 0.476. The summed E-state index contributed by atoms with van der Waals surface area (Å²) in [4.78, 5) is 26.1. The molecule has 3 N–H and O–H groups in total. The van der Waals surface area contributed by atoms with Gasteiger partial charge in [0.25, 0.3) is 0 Å². The molecule has 186 valence electrons. The number of halogens is 3. The van der Waals surface area contributed by atoms with Gasteiger partial charge in [-0.15, -0.1) is 0 Å². The number of benzene rings is 1. The molecule has 0 aliphatic carbocycles. The number of nitrogens with one attached hydrogen (secondary N) is 2. The number of unbranched alkanes of at least 4 members (excludes halogenated alkanes) is 1. The van der Waals surface area contributed by atoms with Gasteiger partial charge in [-0.25, -0.2) is 22.8 Å². The Morgan fingerprint density at radius 1 is 1.24 bits per heavy atom.